The predicted octanol–water partition coefficient (Wildman–Crippen LogP) is 7.72. The number of rotatable bonds is 7. The summed E-state index contributed by atoms with van der Waals surface area (Å²) in [4.78, 5) is 11.7. The number of aromatic nitrogens is 1. The van der Waals surface area contributed by atoms with Crippen molar-refractivity contribution in [2.45, 2.75) is 96.7 Å². The molecule has 3 rings (SSSR count). The Kier molecular flexibility index (Phi) is 7.35. The largest absolute Gasteiger partial charge is 0.481 e. The van der Waals surface area contributed by atoms with E-state index in [2.05, 4.69) is 45.3 Å². The van der Waals surface area contributed by atoms with E-state index in [0.717, 1.165) is 49.1 Å². The fourth-order valence-corrected chi connectivity index (χ4v) is 5.08. The van der Waals surface area contributed by atoms with Crippen LogP contribution in [0.15, 0.2) is 30.3 Å². The molecule has 182 valence electrons. The highest BCUT2D eigenvalue weighted by molar-refractivity contribution is 5.68. The number of aliphatic carboxylic acids is 1. The van der Waals surface area contributed by atoms with E-state index in [1.54, 1.807) is 12.1 Å². The second-order valence-electron chi connectivity index (χ2n) is 10.9. The molecule has 0 saturated heterocycles. The van der Waals surface area contributed by atoms with E-state index >= 15 is 0 Å². The third kappa shape index (κ3) is 5.82. The Balaban J connectivity index is 2.20. The van der Waals surface area contributed by atoms with Crippen LogP contribution in [0.5, 0.6) is 0 Å². The van der Waals surface area contributed by atoms with Crippen molar-refractivity contribution in [2.24, 2.45) is 5.92 Å². The molecule has 0 unspecified atom stereocenters. The molecule has 33 heavy (non-hydrogen) atoms. The maximum absolute atomic E-state index is 13.2. The number of fused-ring (bicyclic) bond motifs is 1. The molecular weight excluding hydrogens is 427 g/mol. The minimum atomic E-state index is -4.37. The zero-order valence-corrected chi connectivity index (χ0v) is 20.3. The first-order chi connectivity index (χ1) is 15.3. The Morgan fingerprint density at radius 1 is 1.12 bits per heavy atom. The molecular formula is C27H36F3NO2. The molecule has 1 N–H and O–H groups in total. The summed E-state index contributed by atoms with van der Waals surface area (Å²) in [5.41, 5.74) is 3.39. The lowest BCUT2D eigenvalue weighted by Gasteiger charge is -2.33. The number of hydrogen-bond donors (Lipinski definition) is 1. The number of alkyl halides is 3. The van der Waals surface area contributed by atoms with Gasteiger partial charge in [-0.1, -0.05) is 46.8 Å². The van der Waals surface area contributed by atoms with Crippen LogP contribution in [0.1, 0.15) is 107 Å². The summed E-state index contributed by atoms with van der Waals surface area (Å²) < 4.78 is 41.9. The molecule has 0 spiro atoms. The SMILES string of the molecule is CC(C)CC[C@@H](c1ccc(C(F)(F)F)cc1)n1c(C(C)(C)C)cc2c1[C@@H](CC(=O)O)CCC2. The van der Waals surface area contributed by atoms with Crippen LogP contribution in [-0.2, 0) is 22.8 Å². The van der Waals surface area contributed by atoms with Gasteiger partial charge in [-0.2, -0.15) is 13.2 Å². The van der Waals surface area contributed by atoms with Gasteiger partial charge in [0.15, 0.2) is 0 Å². The van der Waals surface area contributed by atoms with E-state index in [-0.39, 0.29) is 23.8 Å². The zero-order chi connectivity index (χ0) is 24.6. The normalized spacial score (nSPS) is 17.8. The summed E-state index contributed by atoms with van der Waals surface area (Å²) in [5.74, 6) is -0.453. The van der Waals surface area contributed by atoms with Crippen LogP contribution in [0.4, 0.5) is 13.2 Å². The third-order valence-corrected chi connectivity index (χ3v) is 6.69. The van der Waals surface area contributed by atoms with Crippen LogP contribution in [-0.4, -0.2) is 15.6 Å². The average molecular weight is 464 g/mol. The van der Waals surface area contributed by atoms with Gasteiger partial charge in [0.2, 0.25) is 0 Å². The molecule has 1 aromatic carbocycles. The van der Waals surface area contributed by atoms with Crippen molar-refractivity contribution in [1.82, 2.24) is 4.57 Å². The van der Waals surface area contributed by atoms with E-state index < -0.39 is 17.7 Å². The molecule has 0 radical (unpaired) electrons. The van der Waals surface area contributed by atoms with E-state index in [1.165, 1.54) is 17.7 Å². The Labute approximate surface area is 195 Å². The minimum absolute atomic E-state index is 0.0739. The van der Waals surface area contributed by atoms with Crippen molar-refractivity contribution in [2.75, 3.05) is 0 Å². The van der Waals surface area contributed by atoms with Gasteiger partial charge in [-0.05, 0) is 67.3 Å². The number of carboxylic acids is 1. The van der Waals surface area contributed by atoms with Crippen LogP contribution in [0.2, 0.25) is 0 Å². The van der Waals surface area contributed by atoms with Crippen LogP contribution in [0, 0.1) is 5.92 Å². The lowest BCUT2D eigenvalue weighted by atomic mass is 9.85. The first kappa shape index (κ1) is 25.4. The summed E-state index contributed by atoms with van der Waals surface area (Å²) in [7, 11) is 0. The fraction of sp³-hybridized carbons (Fsp3) is 0.593. The van der Waals surface area contributed by atoms with Crippen molar-refractivity contribution in [3.63, 3.8) is 0 Å². The molecule has 0 amide bonds. The van der Waals surface area contributed by atoms with Crippen molar-refractivity contribution in [1.29, 1.82) is 0 Å². The Hall–Kier alpha value is -2.24. The molecule has 1 aromatic heterocycles. The molecule has 0 bridgehead atoms. The number of halogens is 3. The van der Waals surface area contributed by atoms with E-state index in [9.17, 15) is 23.1 Å². The van der Waals surface area contributed by atoms with Crippen LogP contribution >= 0.6 is 0 Å². The minimum Gasteiger partial charge on any atom is -0.481 e. The Bertz CT molecular complexity index is 965. The van der Waals surface area contributed by atoms with Gasteiger partial charge in [-0.15, -0.1) is 0 Å². The Morgan fingerprint density at radius 3 is 2.27 bits per heavy atom. The number of carboxylic acid groups (broad SMARTS) is 1. The summed E-state index contributed by atoms with van der Waals surface area (Å²) in [6.45, 7) is 10.7. The van der Waals surface area contributed by atoms with Crippen molar-refractivity contribution in [3.8, 4) is 0 Å². The number of hydrogen-bond acceptors (Lipinski definition) is 1. The van der Waals surface area contributed by atoms with Gasteiger partial charge < -0.3 is 9.67 Å². The quantitative estimate of drug-likeness (QED) is 0.457. The van der Waals surface area contributed by atoms with Crippen LogP contribution in [0.25, 0.3) is 0 Å². The monoisotopic (exact) mass is 463 g/mol. The lowest BCUT2D eigenvalue weighted by Crippen LogP contribution is -2.26. The van der Waals surface area contributed by atoms with Gasteiger partial charge in [0, 0.05) is 22.7 Å². The van der Waals surface area contributed by atoms with Crippen molar-refractivity contribution in [3.05, 3.63) is 58.4 Å². The topological polar surface area (TPSA) is 42.2 Å². The third-order valence-electron chi connectivity index (χ3n) is 6.69. The summed E-state index contributed by atoms with van der Waals surface area (Å²) in [6.07, 6.45) is 0.0861. The van der Waals surface area contributed by atoms with Gasteiger partial charge in [0.1, 0.15) is 0 Å². The first-order valence-electron chi connectivity index (χ1n) is 11.9. The van der Waals surface area contributed by atoms with Crippen molar-refractivity contribution < 1.29 is 23.1 Å². The maximum atomic E-state index is 13.2. The van der Waals surface area contributed by atoms with E-state index in [4.69, 9.17) is 0 Å². The predicted molar refractivity (Wildman–Crippen MR) is 125 cm³/mol. The maximum Gasteiger partial charge on any atom is 0.416 e. The number of aryl methyl sites for hydroxylation is 1. The van der Waals surface area contributed by atoms with Crippen LogP contribution < -0.4 is 0 Å². The smallest absolute Gasteiger partial charge is 0.416 e. The van der Waals surface area contributed by atoms with Gasteiger partial charge in [0.25, 0.3) is 0 Å². The average Bonchev–Trinajstić information content (AvgIpc) is 3.08. The number of nitrogens with zero attached hydrogens (tertiary/aromatic N) is 1. The summed E-state index contributed by atoms with van der Waals surface area (Å²) in [6, 6.07) is 7.61. The lowest BCUT2D eigenvalue weighted by molar-refractivity contribution is -0.138. The fourth-order valence-electron chi connectivity index (χ4n) is 5.08. The standard InChI is InChI=1S/C27H36F3NO2/c1-17(2)9-14-22(18-10-12-21(13-11-18)27(28,29)30)31-23(26(3,4)5)15-19-7-6-8-20(25(19)31)16-24(32)33/h10-13,15,17,20,22H,6-9,14,16H2,1-5H3,(H,32,33)/t20-,22+/m1/s1. The van der Waals surface area contributed by atoms with Gasteiger partial charge in [-0.3, -0.25) is 4.79 Å². The summed E-state index contributed by atoms with van der Waals surface area (Å²) >= 11 is 0. The van der Waals surface area contributed by atoms with Gasteiger partial charge in [-0.25, -0.2) is 0 Å². The Morgan fingerprint density at radius 2 is 1.76 bits per heavy atom. The highest BCUT2D eigenvalue weighted by atomic mass is 19.4. The molecule has 2 atom stereocenters. The molecule has 1 aliphatic carbocycles. The zero-order valence-electron chi connectivity index (χ0n) is 20.3. The molecule has 6 heteroatoms. The molecule has 0 fully saturated rings. The van der Waals surface area contributed by atoms with E-state index in [0.29, 0.717) is 5.92 Å². The molecule has 0 aliphatic heterocycles. The van der Waals surface area contributed by atoms with Gasteiger partial charge >= 0.3 is 12.1 Å². The van der Waals surface area contributed by atoms with Gasteiger partial charge in [0.05, 0.1) is 18.0 Å². The molecule has 2 aromatic rings. The second kappa shape index (κ2) is 9.55. The first-order valence-corrected chi connectivity index (χ1v) is 11.9. The highest BCUT2D eigenvalue weighted by Gasteiger charge is 2.35. The molecule has 0 saturated carbocycles. The molecule has 3 nitrogen and oxygen atoms in total. The number of benzene rings is 1. The number of carbonyl (C=O) groups is 1. The second-order valence-corrected chi connectivity index (χ2v) is 10.9. The van der Waals surface area contributed by atoms with E-state index in [1.807, 2.05) is 0 Å². The summed E-state index contributed by atoms with van der Waals surface area (Å²) in [5, 5.41) is 9.57. The van der Waals surface area contributed by atoms with Crippen LogP contribution in [0.3, 0.4) is 0 Å². The molecule has 1 heterocycles. The highest BCUT2D eigenvalue weighted by Crippen LogP contribution is 2.43. The molecule has 1 aliphatic rings. The van der Waals surface area contributed by atoms with Crippen molar-refractivity contribution >= 4 is 5.97 Å².